The molecule has 1 aliphatic heterocycles. The van der Waals surface area contributed by atoms with E-state index >= 15 is 0 Å². The summed E-state index contributed by atoms with van der Waals surface area (Å²) in [6.45, 7) is 2.84. The summed E-state index contributed by atoms with van der Waals surface area (Å²) < 4.78 is 0. The van der Waals surface area contributed by atoms with Crippen molar-refractivity contribution >= 4 is 11.6 Å². The number of nitrogens with one attached hydrogen (secondary N) is 1. The summed E-state index contributed by atoms with van der Waals surface area (Å²) in [5, 5.41) is 3.38. The minimum atomic E-state index is 0.734. The van der Waals surface area contributed by atoms with Gasteiger partial charge in [-0.15, -0.1) is 0 Å². The van der Waals surface area contributed by atoms with Crippen molar-refractivity contribution in [1.29, 1.82) is 0 Å². The quantitative estimate of drug-likeness (QED) is 0.722. The Balaban J connectivity index is 1.32. The highest BCUT2D eigenvalue weighted by Crippen LogP contribution is 2.25. The van der Waals surface area contributed by atoms with E-state index in [1.54, 1.807) is 6.33 Å². The van der Waals surface area contributed by atoms with Crippen LogP contribution in [0.25, 0.3) is 0 Å². The maximum atomic E-state index is 4.49. The molecule has 1 fully saturated rings. The number of pyridine rings is 1. The van der Waals surface area contributed by atoms with Gasteiger partial charge in [0.05, 0.1) is 0 Å². The van der Waals surface area contributed by atoms with Gasteiger partial charge in [-0.2, -0.15) is 0 Å². The monoisotopic (exact) mass is 359 g/mol. The number of piperidine rings is 1. The van der Waals surface area contributed by atoms with Gasteiger partial charge in [0.1, 0.15) is 18.0 Å². The largest absolute Gasteiger partial charge is 0.366 e. The molecule has 0 spiro atoms. The zero-order valence-electron chi connectivity index (χ0n) is 15.5. The van der Waals surface area contributed by atoms with Crippen LogP contribution in [0.15, 0.2) is 67.3 Å². The average Bonchev–Trinajstić information content (AvgIpc) is 2.75. The lowest BCUT2D eigenvalue weighted by atomic mass is 9.90. The number of benzene rings is 1. The van der Waals surface area contributed by atoms with Gasteiger partial charge >= 0.3 is 0 Å². The van der Waals surface area contributed by atoms with Gasteiger partial charge in [0.25, 0.3) is 0 Å². The Morgan fingerprint density at radius 1 is 0.926 bits per heavy atom. The molecule has 4 rings (SSSR count). The van der Waals surface area contributed by atoms with Crippen molar-refractivity contribution in [3.8, 4) is 0 Å². The van der Waals surface area contributed by atoms with E-state index in [0.29, 0.717) is 0 Å². The van der Waals surface area contributed by atoms with E-state index in [9.17, 15) is 0 Å². The van der Waals surface area contributed by atoms with E-state index in [1.807, 2.05) is 24.5 Å². The summed E-state index contributed by atoms with van der Waals surface area (Å²) in [5.41, 5.74) is 2.63. The molecule has 3 heterocycles. The first-order valence-corrected chi connectivity index (χ1v) is 9.60. The lowest BCUT2D eigenvalue weighted by Crippen LogP contribution is -2.34. The molecular weight excluding hydrogens is 334 g/mol. The second-order valence-electron chi connectivity index (χ2n) is 7.09. The smallest absolute Gasteiger partial charge is 0.134 e. The van der Waals surface area contributed by atoms with Crippen LogP contribution in [0.3, 0.4) is 0 Å². The minimum Gasteiger partial charge on any atom is -0.366 e. The van der Waals surface area contributed by atoms with Crippen molar-refractivity contribution in [1.82, 2.24) is 15.0 Å². The van der Waals surface area contributed by atoms with Crippen molar-refractivity contribution in [3.63, 3.8) is 0 Å². The van der Waals surface area contributed by atoms with Gasteiger partial charge in [0, 0.05) is 38.1 Å². The third-order valence-corrected chi connectivity index (χ3v) is 5.18. The van der Waals surface area contributed by atoms with Gasteiger partial charge in [-0.05, 0) is 48.4 Å². The number of hydrogen-bond acceptors (Lipinski definition) is 5. The highest BCUT2D eigenvalue weighted by Gasteiger charge is 2.20. The predicted octanol–water partition coefficient (Wildman–Crippen LogP) is 3.94. The summed E-state index contributed by atoms with van der Waals surface area (Å²) in [7, 11) is 0. The molecular formula is C22H25N5. The molecule has 0 atom stereocenters. The molecule has 1 saturated heterocycles. The molecule has 5 heteroatoms. The zero-order valence-corrected chi connectivity index (χ0v) is 15.5. The Bertz CT molecular complexity index is 830. The van der Waals surface area contributed by atoms with Crippen molar-refractivity contribution in [2.45, 2.75) is 25.8 Å². The molecule has 27 heavy (non-hydrogen) atoms. The molecule has 138 valence electrons. The van der Waals surface area contributed by atoms with Crippen LogP contribution in [0.4, 0.5) is 11.6 Å². The number of anilines is 2. The number of nitrogens with zero attached hydrogens (tertiary/aromatic N) is 4. The van der Waals surface area contributed by atoms with Crippen LogP contribution in [0, 0.1) is 5.92 Å². The second-order valence-corrected chi connectivity index (χ2v) is 7.09. The van der Waals surface area contributed by atoms with Crippen LogP contribution >= 0.6 is 0 Å². The van der Waals surface area contributed by atoms with E-state index in [4.69, 9.17) is 0 Å². The molecule has 1 aliphatic rings. The zero-order chi connectivity index (χ0) is 18.3. The fourth-order valence-corrected chi connectivity index (χ4v) is 3.62. The van der Waals surface area contributed by atoms with Gasteiger partial charge in [-0.3, -0.25) is 4.98 Å². The Morgan fingerprint density at radius 2 is 1.70 bits per heavy atom. The number of aromatic nitrogens is 3. The fraction of sp³-hybridized carbons (Fsp3) is 0.318. The van der Waals surface area contributed by atoms with Crippen molar-refractivity contribution in [3.05, 3.63) is 78.4 Å². The van der Waals surface area contributed by atoms with Crippen LogP contribution < -0.4 is 10.2 Å². The third kappa shape index (κ3) is 4.82. The molecule has 5 nitrogen and oxygen atoms in total. The Hall–Kier alpha value is -2.95. The normalized spacial score (nSPS) is 14.9. The highest BCUT2D eigenvalue weighted by atomic mass is 15.2. The number of hydrogen-bond donors (Lipinski definition) is 1. The van der Waals surface area contributed by atoms with Gasteiger partial charge in [0.2, 0.25) is 0 Å². The molecule has 0 unspecified atom stereocenters. The predicted molar refractivity (Wildman–Crippen MR) is 109 cm³/mol. The maximum absolute atomic E-state index is 4.49. The molecule has 2 aromatic heterocycles. The summed E-state index contributed by atoms with van der Waals surface area (Å²) >= 11 is 0. The molecule has 0 saturated carbocycles. The summed E-state index contributed by atoms with van der Waals surface area (Å²) in [4.78, 5) is 15.3. The lowest BCUT2D eigenvalue weighted by molar-refractivity contribution is 0.402. The van der Waals surface area contributed by atoms with E-state index < -0.39 is 0 Å². The maximum Gasteiger partial charge on any atom is 0.134 e. The Kier molecular flexibility index (Phi) is 5.58. The first-order chi connectivity index (χ1) is 13.4. The minimum absolute atomic E-state index is 0.734. The standard InChI is InChI=1S/C22H25N5/c1-2-4-18(5-3-1)14-19-8-12-27(13-9-19)22-15-21(25-17-26-22)24-16-20-6-10-23-11-7-20/h1-7,10-11,15,17,19H,8-9,12-14,16H2,(H,24,25,26). The van der Waals surface area contributed by atoms with E-state index in [2.05, 4.69) is 61.6 Å². The summed E-state index contributed by atoms with van der Waals surface area (Å²) in [6.07, 6.45) is 8.86. The SMILES string of the molecule is c1ccc(CC2CCN(c3cc(NCc4ccncc4)ncn3)CC2)cc1. The van der Waals surface area contributed by atoms with E-state index in [0.717, 1.165) is 37.2 Å². The van der Waals surface area contributed by atoms with Crippen LogP contribution in [0.1, 0.15) is 24.0 Å². The van der Waals surface area contributed by atoms with Crippen LogP contribution in [0.2, 0.25) is 0 Å². The fourth-order valence-electron chi connectivity index (χ4n) is 3.62. The van der Waals surface area contributed by atoms with Gasteiger partial charge in [-0.1, -0.05) is 30.3 Å². The molecule has 0 bridgehead atoms. The number of rotatable bonds is 6. The molecule has 3 aromatic rings. The topological polar surface area (TPSA) is 53.9 Å². The molecule has 0 amide bonds. The van der Waals surface area contributed by atoms with E-state index in [1.165, 1.54) is 30.4 Å². The average molecular weight is 359 g/mol. The second kappa shape index (κ2) is 8.62. The van der Waals surface area contributed by atoms with Crippen LogP contribution in [-0.2, 0) is 13.0 Å². The van der Waals surface area contributed by atoms with Gasteiger partial charge in [-0.25, -0.2) is 9.97 Å². The summed E-state index contributed by atoms with van der Waals surface area (Å²) in [6, 6.07) is 16.9. The first kappa shape index (κ1) is 17.5. The van der Waals surface area contributed by atoms with Crippen molar-refractivity contribution in [2.24, 2.45) is 5.92 Å². The third-order valence-electron chi connectivity index (χ3n) is 5.18. The first-order valence-electron chi connectivity index (χ1n) is 9.60. The molecule has 1 aromatic carbocycles. The van der Waals surface area contributed by atoms with E-state index in [-0.39, 0.29) is 0 Å². The highest BCUT2D eigenvalue weighted by molar-refractivity contribution is 5.49. The van der Waals surface area contributed by atoms with Crippen molar-refractivity contribution < 1.29 is 0 Å². The van der Waals surface area contributed by atoms with Crippen molar-refractivity contribution in [2.75, 3.05) is 23.3 Å². The Morgan fingerprint density at radius 3 is 2.48 bits per heavy atom. The molecule has 0 aliphatic carbocycles. The van der Waals surface area contributed by atoms with Gasteiger partial charge in [0.15, 0.2) is 0 Å². The van der Waals surface area contributed by atoms with Gasteiger partial charge < -0.3 is 10.2 Å². The molecule has 0 radical (unpaired) electrons. The van der Waals surface area contributed by atoms with Crippen LogP contribution in [0.5, 0.6) is 0 Å². The Labute approximate surface area is 160 Å². The molecule has 1 N–H and O–H groups in total. The summed E-state index contributed by atoms with van der Waals surface area (Å²) in [5.74, 6) is 2.64. The van der Waals surface area contributed by atoms with Crippen LogP contribution in [-0.4, -0.2) is 28.0 Å². The lowest BCUT2D eigenvalue weighted by Gasteiger charge is -2.33.